The third kappa shape index (κ3) is 3.76. The number of halogens is 2. The highest BCUT2D eigenvalue weighted by molar-refractivity contribution is 6.42. The molecule has 0 saturated heterocycles. The Balaban J connectivity index is 1.99. The van der Waals surface area contributed by atoms with Gasteiger partial charge in [0.25, 0.3) is 0 Å². The monoisotopic (exact) mass is 307 g/mol. The van der Waals surface area contributed by atoms with Crippen LogP contribution in [0, 0.1) is 0 Å². The van der Waals surface area contributed by atoms with Crippen LogP contribution in [-0.4, -0.2) is 6.54 Å². The molecule has 2 rings (SSSR count). The van der Waals surface area contributed by atoms with Crippen molar-refractivity contribution in [3.05, 3.63) is 69.7 Å². The molecule has 1 N–H and O–H groups in total. The van der Waals surface area contributed by atoms with Crippen LogP contribution in [0.25, 0.3) is 0 Å². The van der Waals surface area contributed by atoms with E-state index in [1.54, 1.807) is 0 Å². The molecule has 0 aliphatic heterocycles. The first kappa shape index (κ1) is 15.4. The summed E-state index contributed by atoms with van der Waals surface area (Å²) in [4.78, 5) is 0. The van der Waals surface area contributed by atoms with Gasteiger partial charge in [0.1, 0.15) is 0 Å². The molecular formula is C17H19Cl2N. The smallest absolute Gasteiger partial charge is 0.0639 e. The summed E-state index contributed by atoms with van der Waals surface area (Å²) >= 11 is 12.3. The average molecular weight is 308 g/mol. The van der Waals surface area contributed by atoms with Gasteiger partial charge in [-0.05, 0) is 30.0 Å². The standard InChI is InChI=1S/C17H19Cl2N/c1-12(14-7-4-3-5-8-14)11-20-13(2)15-9-6-10-16(18)17(15)19/h3-10,12-13,20H,11H2,1-2H3. The highest BCUT2D eigenvalue weighted by atomic mass is 35.5. The van der Waals surface area contributed by atoms with Gasteiger partial charge in [0.2, 0.25) is 0 Å². The lowest BCUT2D eigenvalue weighted by Gasteiger charge is -2.19. The Labute approximate surface area is 130 Å². The fraction of sp³-hybridized carbons (Fsp3) is 0.294. The lowest BCUT2D eigenvalue weighted by Crippen LogP contribution is -2.23. The van der Waals surface area contributed by atoms with Crippen molar-refractivity contribution in [3.8, 4) is 0 Å². The largest absolute Gasteiger partial charge is 0.310 e. The van der Waals surface area contributed by atoms with E-state index < -0.39 is 0 Å². The quantitative estimate of drug-likeness (QED) is 0.774. The summed E-state index contributed by atoms with van der Waals surface area (Å²) < 4.78 is 0. The Morgan fingerprint density at radius 1 is 0.950 bits per heavy atom. The van der Waals surface area contributed by atoms with Crippen molar-refractivity contribution in [3.63, 3.8) is 0 Å². The molecule has 2 aromatic carbocycles. The maximum absolute atomic E-state index is 6.25. The molecule has 0 aromatic heterocycles. The molecular weight excluding hydrogens is 289 g/mol. The number of benzene rings is 2. The van der Waals surface area contributed by atoms with Gasteiger partial charge in [0, 0.05) is 12.6 Å². The summed E-state index contributed by atoms with van der Waals surface area (Å²) in [6, 6.07) is 16.4. The van der Waals surface area contributed by atoms with Gasteiger partial charge in [-0.3, -0.25) is 0 Å². The minimum absolute atomic E-state index is 0.173. The zero-order chi connectivity index (χ0) is 14.5. The maximum atomic E-state index is 6.25. The normalized spacial score (nSPS) is 14.0. The predicted octanol–water partition coefficient (Wildman–Crippen LogP) is 5.45. The molecule has 0 spiro atoms. The molecule has 0 amide bonds. The van der Waals surface area contributed by atoms with E-state index in [4.69, 9.17) is 23.2 Å². The van der Waals surface area contributed by atoms with Gasteiger partial charge >= 0.3 is 0 Å². The van der Waals surface area contributed by atoms with Crippen molar-refractivity contribution in [1.29, 1.82) is 0 Å². The second-order valence-corrected chi connectivity index (χ2v) is 5.87. The maximum Gasteiger partial charge on any atom is 0.0639 e. The van der Waals surface area contributed by atoms with Gasteiger partial charge in [-0.1, -0.05) is 72.6 Å². The first-order valence-corrected chi connectivity index (χ1v) is 7.57. The second-order valence-electron chi connectivity index (χ2n) is 5.08. The number of hydrogen-bond acceptors (Lipinski definition) is 1. The minimum atomic E-state index is 0.173. The van der Waals surface area contributed by atoms with Crippen molar-refractivity contribution in [2.45, 2.75) is 25.8 Å². The van der Waals surface area contributed by atoms with Crippen LogP contribution in [0.3, 0.4) is 0 Å². The molecule has 1 nitrogen and oxygen atoms in total. The summed E-state index contributed by atoms with van der Waals surface area (Å²) in [7, 11) is 0. The second kappa shape index (κ2) is 7.12. The summed E-state index contributed by atoms with van der Waals surface area (Å²) in [6.07, 6.45) is 0. The van der Waals surface area contributed by atoms with Crippen LogP contribution in [0.4, 0.5) is 0 Å². The van der Waals surface area contributed by atoms with E-state index in [0.29, 0.717) is 16.0 Å². The van der Waals surface area contributed by atoms with Crippen LogP contribution in [-0.2, 0) is 0 Å². The van der Waals surface area contributed by atoms with E-state index in [9.17, 15) is 0 Å². The fourth-order valence-corrected chi connectivity index (χ4v) is 2.69. The van der Waals surface area contributed by atoms with Gasteiger partial charge in [-0.2, -0.15) is 0 Å². The SMILES string of the molecule is CC(CNC(C)c1cccc(Cl)c1Cl)c1ccccc1. The third-order valence-electron chi connectivity index (χ3n) is 3.55. The van der Waals surface area contributed by atoms with Crippen molar-refractivity contribution in [1.82, 2.24) is 5.32 Å². The number of rotatable bonds is 5. The molecule has 0 aliphatic rings. The number of nitrogens with one attached hydrogen (secondary N) is 1. The van der Waals surface area contributed by atoms with Gasteiger partial charge in [0.15, 0.2) is 0 Å². The molecule has 2 unspecified atom stereocenters. The fourth-order valence-electron chi connectivity index (χ4n) is 2.22. The molecule has 0 radical (unpaired) electrons. The van der Waals surface area contributed by atoms with Crippen LogP contribution >= 0.6 is 23.2 Å². The Kier molecular flexibility index (Phi) is 5.47. The summed E-state index contributed by atoms with van der Waals surface area (Å²) in [6.45, 7) is 5.22. The van der Waals surface area contributed by atoms with Crippen LogP contribution in [0.1, 0.15) is 36.9 Å². The van der Waals surface area contributed by atoms with E-state index in [1.807, 2.05) is 24.3 Å². The van der Waals surface area contributed by atoms with E-state index in [2.05, 4.69) is 43.4 Å². The Hall–Kier alpha value is -1.02. The average Bonchev–Trinajstić information content (AvgIpc) is 2.48. The summed E-state index contributed by atoms with van der Waals surface area (Å²) in [5.74, 6) is 0.455. The molecule has 0 heterocycles. The predicted molar refractivity (Wildman–Crippen MR) is 87.7 cm³/mol. The molecule has 2 aromatic rings. The first-order chi connectivity index (χ1) is 9.59. The molecule has 3 heteroatoms. The minimum Gasteiger partial charge on any atom is -0.310 e. The zero-order valence-corrected chi connectivity index (χ0v) is 13.2. The third-order valence-corrected chi connectivity index (χ3v) is 4.38. The van der Waals surface area contributed by atoms with E-state index in [1.165, 1.54) is 5.56 Å². The number of hydrogen-bond donors (Lipinski definition) is 1. The van der Waals surface area contributed by atoms with Crippen LogP contribution < -0.4 is 5.32 Å². The van der Waals surface area contributed by atoms with Gasteiger partial charge < -0.3 is 5.32 Å². The molecule has 0 saturated carbocycles. The molecule has 2 atom stereocenters. The summed E-state index contributed by atoms with van der Waals surface area (Å²) in [5, 5.41) is 4.77. The molecule has 0 bridgehead atoms. The van der Waals surface area contributed by atoms with Crippen LogP contribution in [0.2, 0.25) is 10.0 Å². The van der Waals surface area contributed by atoms with Crippen molar-refractivity contribution >= 4 is 23.2 Å². The van der Waals surface area contributed by atoms with Crippen LogP contribution in [0.15, 0.2) is 48.5 Å². The van der Waals surface area contributed by atoms with Crippen molar-refractivity contribution < 1.29 is 0 Å². The van der Waals surface area contributed by atoms with Gasteiger partial charge in [-0.15, -0.1) is 0 Å². The lowest BCUT2D eigenvalue weighted by molar-refractivity contribution is 0.537. The Morgan fingerprint density at radius 3 is 2.35 bits per heavy atom. The van der Waals surface area contributed by atoms with E-state index in [-0.39, 0.29) is 6.04 Å². The zero-order valence-electron chi connectivity index (χ0n) is 11.7. The van der Waals surface area contributed by atoms with E-state index >= 15 is 0 Å². The van der Waals surface area contributed by atoms with Gasteiger partial charge in [0.05, 0.1) is 10.0 Å². The highest BCUT2D eigenvalue weighted by Crippen LogP contribution is 2.30. The summed E-state index contributed by atoms with van der Waals surface area (Å²) in [5.41, 5.74) is 2.38. The Morgan fingerprint density at radius 2 is 1.65 bits per heavy atom. The van der Waals surface area contributed by atoms with Gasteiger partial charge in [-0.25, -0.2) is 0 Å². The molecule has 106 valence electrons. The molecule has 0 fully saturated rings. The first-order valence-electron chi connectivity index (χ1n) is 6.82. The van der Waals surface area contributed by atoms with E-state index in [0.717, 1.165) is 12.1 Å². The van der Waals surface area contributed by atoms with Crippen LogP contribution in [0.5, 0.6) is 0 Å². The lowest BCUT2D eigenvalue weighted by atomic mass is 10.0. The Bertz CT molecular complexity index is 554. The van der Waals surface area contributed by atoms with Crippen molar-refractivity contribution in [2.75, 3.05) is 6.54 Å². The van der Waals surface area contributed by atoms with Crippen molar-refractivity contribution in [2.24, 2.45) is 0 Å². The highest BCUT2D eigenvalue weighted by Gasteiger charge is 2.13. The molecule has 0 aliphatic carbocycles. The molecule has 20 heavy (non-hydrogen) atoms. The topological polar surface area (TPSA) is 12.0 Å².